The fourth-order valence-electron chi connectivity index (χ4n) is 1.60. The number of aliphatic hydroxyl groups excluding tert-OH is 2. The van der Waals surface area contributed by atoms with E-state index in [1.807, 2.05) is 0 Å². The zero-order valence-corrected chi connectivity index (χ0v) is 9.32. The van der Waals surface area contributed by atoms with E-state index >= 15 is 0 Å². The van der Waals surface area contributed by atoms with Gasteiger partial charge >= 0.3 is 0 Å². The van der Waals surface area contributed by atoms with Crippen molar-refractivity contribution in [2.45, 2.75) is 37.3 Å². The van der Waals surface area contributed by atoms with Crippen LogP contribution >= 0.6 is 0 Å². The van der Waals surface area contributed by atoms with Gasteiger partial charge in [0.25, 0.3) is 6.47 Å². The van der Waals surface area contributed by atoms with Crippen molar-refractivity contribution in [3.8, 4) is 0 Å². The molecule has 7 heteroatoms. The molecule has 0 saturated carbocycles. The van der Waals surface area contributed by atoms with Gasteiger partial charge in [-0.15, -0.1) is 0 Å². The summed E-state index contributed by atoms with van der Waals surface area (Å²) in [6.45, 7) is 1.60. The average Bonchev–Trinajstić information content (AvgIpc) is 2.27. The molecule has 0 aromatic rings. The van der Waals surface area contributed by atoms with Crippen LogP contribution in [0, 0.1) is 0 Å². The maximum Gasteiger partial charge on any atom is 0.295 e. The quantitative estimate of drug-likeness (QED) is 0.580. The topological polar surface area (TPSA) is 94.5 Å². The van der Waals surface area contributed by atoms with Crippen LogP contribution in [0.1, 0.15) is 6.92 Å². The van der Waals surface area contributed by atoms with Gasteiger partial charge in [-0.1, -0.05) is 0 Å². The van der Waals surface area contributed by atoms with Gasteiger partial charge in [-0.3, -0.25) is 4.79 Å². The van der Waals surface area contributed by atoms with Crippen LogP contribution in [0.4, 0.5) is 0 Å². The molecule has 2 N–H and O–H groups in total. The van der Waals surface area contributed by atoms with Crippen molar-refractivity contribution in [3.63, 3.8) is 0 Å². The Kier molecular flexibility index (Phi) is 4.22. The highest BCUT2D eigenvalue weighted by Crippen LogP contribution is 2.31. The first-order valence-corrected chi connectivity index (χ1v) is 4.71. The molecule has 0 aliphatic carbocycles. The highest BCUT2D eigenvalue weighted by molar-refractivity contribution is 5.37. The van der Waals surface area contributed by atoms with Crippen LogP contribution in [-0.4, -0.2) is 61.3 Å². The zero-order valence-electron chi connectivity index (χ0n) is 9.32. The predicted octanol–water partition coefficient (Wildman–Crippen LogP) is -1.38. The molecule has 0 aromatic heterocycles. The van der Waals surface area contributed by atoms with Gasteiger partial charge in [0.05, 0.1) is 0 Å². The summed E-state index contributed by atoms with van der Waals surface area (Å²) in [7, 11) is 2.61. The van der Waals surface area contributed by atoms with E-state index in [0.717, 1.165) is 0 Å². The van der Waals surface area contributed by atoms with Crippen LogP contribution in [0.5, 0.6) is 0 Å². The lowest BCUT2D eigenvalue weighted by molar-refractivity contribution is -0.383. The SMILES string of the molecule is COC1C(OC=O)OC(C)(OC)C(O)C1O. The lowest BCUT2D eigenvalue weighted by Gasteiger charge is -2.45. The Hall–Kier alpha value is -0.730. The van der Waals surface area contributed by atoms with Crippen LogP contribution in [-0.2, 0) is 23.7 Å². The highest BCUT2D eigenvalue weighted by Gasteiger charge is 2.53. The summed E-state index contributed by atoms with van der Waals surface area (Å²) in [6.07, 6.45) is -4.70. The second-order valence-corrected chi connectivity index (χ2v) is 3.57. The first-order valence-electron chi connectivity index (χ1n) is 4.71. The Morgan fingerprint density at radius 3 is 2.44 bits per heavy atom. The minimum Gasteiger partial charge on any atom is -0.435 e. The maximum absolute atomic E-state index is 10.3. The normalized spacial score (nSPS) is 44.1. The number of carbonyl (C=O) groups excluding carboxylic acids is 1. The van der Waals surface area contributed by atoms with E-state index in [1.54, 1.807) is 0 Å². The molecular weight excluding hydrogens is 220 g/mol. The largest absolute Gasteiger partial charge is 0.435 e. The molecule has 1 aliphatic rings. The number of rotatable bonds is 4. The number of hydrogen-bond donors (Lipinski definition) is 2. The first kappa shape index (κ1) is 13.3. The van der Waals surface area contributed by atoms with Crippen LogP contribution in [0.25, 0.3) is 0 Å². The second kappa shape index (κ2) is 5.07. The molecule has 1 saturated heterocycles. The molecule has 0 aromatic carbocycles. The second-order valence-electron chi connectivity index (χ2n) is 3.57. The summed E-state index contributed by atoms with van der Waals surface area (Å²) in [4.78, 5) is 10.3. The standard InChI is InChI=1S/C9H16O7/c1-9(14-3)7(12)5(11)6(13-2)8(16-9)15-4-10/h4-8,11-12H,1-3H3. The maximum atomic E-state index is 10.3. The van der Waals surface area contributed by atoms with E-state index in [-0.39, 0.29) is 6.47 Å². The lowest BCUT2D eigenvalue weighted by atomic mass is 9.97. The van der Waals surface area contributed by atoms with Gasteiger partial charge < -0.3 is 29.2 Å². The van der Waals surface area contributed by atoms with E-state index in [4.69, 9.17) is 14.2 Å². The Morgan fingerprint density at radius 1 is 1.38 bits per heavy atom. The Bertz CT molecular complexity index is 246. The van der Waals surface area contributed by atoms with E-state index in [1.165, 1.54) is 21.1 Å². The molecule has 0 radical (unpaired) electrons. The van der Waals surface area contributed by atoms with Gasteiger partial charge in [0.1, 0.15) is 18.3 Å². The van der Waals surface area contributed by atoms with Crippen LogP contribution in [0.3, 0.4) is 0 Å². The molecule has 0 bridgehead atoms. The van der Waals surface area contributed by atoms with Crippen molar-refractivity contribution in [1.29, 1.82) is 0 Å². The molecule has 5 atom stereocenters. The summed E-state index contributed by atoms with van der Waals surface area (Å²) >= 11 is 0. The first-order chi connectivity index (χ1) is 7.50. The number of methoxy groups -OCH3 is 2. The molecule has 5 unspecified atom stereocenters. The number of hydrogen-bond acceptors (Lipinski definition) is 7. The van der Waals surface area contributed by atoms with Crippen molar-refractivity contribution < 1.29 is 34.0 Å². The molecule has 16 heavy (non-hydrogen) atoms. The average molecular weight is 236 g/mol. The molecule has 0 amide bonds. The smallest absolute Gasteiger partial charge is 0.295 e. The van der Waals surface area contributed by atoms with Gasteiger partial charge in [0.2, 0.25) is 6.29 Å². The molecule has 1 fully saturated rings. The van der Waals surface area contributed by atoms with Gasteiger partial charge in [-0.05, 0) is 6.92 Å². The van der Waals surface area contributed by atoms with Crippen LogP contribution < -0.4 is 0 Å². The summed E-state index contributed by atoms with van der Waals surface area (Å²) in [5.41, 5.74) is 0. The predicted molar refractivity (Wildman–Crippen MR) is 50.2 cm³/mol. The fourth-order valence-corrected chi connectivity index (χ4v) is 1.60. The van der Waals surface area contributed by atoms with Crippen molar-refractivity contribution >= 4 is 6.47 Å². The third kappa shape index (κ3) is 2.18. The molecule has 94 valence electrons. The zero-order chi connectivity index (χ0) is 12.3. The van der Waals surface area contributed by atoms with E-state index < -0.39 is 30.4 Å². The third-order valence-electron chi connectivity index (χ3n) is 2.68. The van der Waals surface area contributed by atoms with Crippen LogP contribution in [0.2, 0.25) is 0 Å². The van der Waals surface area contributed by atoms with Crippen molar-refractivity contribution in [2.75, 3.05) is 14.2 Å². The summed E-state index contributed by atoms with van der Waals surface area (Å²) in [5, 5.41) is 19.5. The summed E-state index contributed by atoms with van der Waals surface area (Å²) in [6, 6.07) is 0. The Morgan fingerprint density at radius 2 is 2.00 bits per heavy atom. The number of carbonyl (C=O) groups is 1. The van der Waals surface area contributed by atoms with Crippen molar-refractivity contribution in [1.82, 2.24) is 0 Å². The monoisotopic (exact) mass is 236 g/mol. The van der Waals surface area contributed by atoms with Crippen molar-refractivity contribution in [3.05, 3.63) is 0 Å². The third-order valence-corrected chi connectivity index (χ3v) is 2.68. The van der Waals surface area contributed by atoms with E-state index in [0.29, 0.717) is 0 Å². The Labute approximate surface area is 92.9 Å². The summed E-state index contributed by atoms with van der Waals surface area (Å²) < 4.78 is 19.7. The number of ether oxygens (including phenoxy) is 4. The molecule has 1 heterocycles. The van der Waals surface area contributed by atoms with E-state index in [2.05, 4.69) is 4.74 Å². The van der Waals surface area contributed by atoms with Gasteiger partial charge in [0, 0.05) is 14.2 Å². The molecule has 1 aliphatic heterocycles. The highest BCUT2D eigenvalue weighted by atomic mass is 16.8. The summed E-state index contributed by atoms with van der Waals surface area (Å²) in [5.74, 6) is -1.46. The van der Waals surface area contributed by atoms with Gasteiger partial charge in [-0.2, -0.15) is 0 Å². The lowest BCUT2D eigenvalue weighted by Crippen LogP contribution is -2.64. The number of aliphatic hydroxyl groups is 2. The van der Waals surface area contributed by atoms with Gasteiger partial charge in [0.15, 0.2) is 5.79 Å². The fraction of sp³-hybridized carbons (Fsp3) is 0.889. The van der Waals surface area contributed by atoms with Gasteiger partial charge in [-0.25, -0.2) is 0 Å². The molecule has 1 rings (SSSR count). The van der Waals surface area contributed by atoms with Crippen molar-refractivity contribution in [2.24, 2.45) is 0 Å². The Balaban J connectivity index is 2.89. The van der Waals surface area contributed by atoms with E-state index in [9.17, 15) is 15.0 Å². The molecule has 0 spiro atoms. The molecular formula is C9H16O7. The minimum absolute atomic E-state index is 0.178. The minimum atomic E-state index is -1.46. The van der Waals surface area contributed by atoms with Crippen LogP contribution in [0.15, 0.2) is 0 Å². The molecule has 7 nitrogen and oxygen atoms in total.